The Morgan fingerprint density at radius 1 is 1.05 bits per heavy atom. The smallest absolute Gasteiger partial charge is 0.416 e. The number of alkyl halides is 3. The summed E-state index contributed by atoms with van der Waals surface area (Å²) in [6.45, 7) is 6.75. The van der Waals surface area contributed by atoms with Crippen LogP contribution in [-0.2, 0) is 17.3 Å². The van der Waals surface area contributed by atoms with E-state index in [1.54, 1.807) is 33.0 Å². The van der Waals surface area contributed by atoms with Gasteiger partial charge >= 0.3 is 12.3 Å². The number of ether oxygens (including phenoxy) is 2. The first-order valence-corrected chi connectivity index (χ1v) is 12.2. The Hall–Kier alpha value is -4.15. The number of nitrogens with one attached hydrogen (secondary N) is 2. The lowest BCUT2D eigenvalue weighted by atomic mass is 10.0. The molecule has 2 N–H and O–H groups in total. The van der Waals surface area contributed by atoms with Crippen molar-refractivity contribution in [2.75, 3.05) is 6.61 Å². The van der Waals surface area contributed by atoms with E-state index in [-0.39, 0.29) is 18.6 Å². The number of fused-ring (bicyclic) bond motifs is 1. The standard InChI is InChI=1S/C28H28F4N4O3/c1-16-23-12-17(5-8-25(23)36-35-16)19-11-22(14-33-13-19)38-15-21(34-26(37)39-27(2,3)4)10-18-9-20(28(30,31)32)6-7-24(18)29/h5-9,11-14,21H,10,15H2,1-4H3,(H,34,37)(H,35,36)/t21-/m0/s1. The SMILES string of the molecule is Cc1[nH]nc2ccc(-c3cncc(OC[C@H](Cc4cc(C(F)(F)F)ccc4F)NC(=O)OC(C)(C)C)c3)cc12. The average molecular weight is 545 g/mol. The Kier molecular flexibility index (Phi) is 7.80. The molecular weight excluding hydrogens is 516 g/mol. The van der Waals surface area contributed by atoms with Crippen LogP contribution in [0.1, 0.15) is 37.6 Å². The van der Waals surface area contributed by atoms with E-state index in [1.165, 1.54) is 6.20 Å². The minimum absolute atomic E-state index is 0.181. The highest BCUT2D eigenvalue weighted by Crippen LogP contribution is 2.31. The summed E-state index contributed by atoms with van der Waals surface area (Å²) >= 11 is 0. The normalized spacial score (nSPS) is 12.8. The van der Waals surface area contributed by atoms with Gasteiger partial charge in [-0.25, -0.2) is 9.18 Å². The van der Waals surface area contributed by atoms with Crippen molar-refractivity contribution in [2.24, 2.45) is 0 Å². The van der Waals surface area contributed by atoms with Crippen LogP contribution in [-0.4, -0.2) is 39.5 Å². The highest BCUT2D eigenvalue weighted by atomic mass is 19.4. The molecule has 0 fully saturated rings. The molecule has 0 bridgehead atoms. The highest BCUT2D eigenvalue weighted by molar-refractivity contribution is 5.86. The fourth-order valence-electron chi connectivity index (χ4n) is 3.97. The molecule has 206 valence electrons. The molecule has 4 rings (SSSR count). The van der Waals surface area contributed by atoms with Gasteiger partial charge in [0.1, 0.15) is 23.8 Å². The van der Waals surface area contributed by atoms with E-state index in [4.69, 9.17) is 9.47 Å². The molecule has 39 heavy (non-hydrogen) atoms. The Bertz CT molecular complexity index is 1480. The lowest BCUT2D eigenvalue weighted by Gasteiger charge is -2.24. The molecule has 1 amide bonds. The number of hydrogen-bond donors (Lipinski definition) is 2. The van der Waals surface area contributed by atoms with Gasteiger partial charge in [0.05, 0.1) is 23.3 Å². The summed E-state index contributed by atoms with van der Waals surface area (Å²) < 4.78 is 65.3. The first-order chi connectivity index (χ1) is 18.3. The number of aryl methyl sites for hydroxylation is 1. The summed E-state index contributed by atoms with van der Waals surface area (Å²) in [7, 11) is 0. The molecule has 7 nitrogen and oxygen atoms in total. The third kappa shape index (κ3) is 7.24. The third-order valence-corrected chi connectivity index (χ3v) is 5.80. The molecule has 2 heterocycles. The lowest BCUT2D eigenvalue weighted by Crippen LogP contribution is -2.43. The summed E-state index contributed by atoms with van der Waals surface area (Å²) in [5.41, 5.74) is 1.36. The first kappa shape index (κ1) is 27.9. The van der Waals surface area contributed by atoms with Crippen LogP contribution >= 0.6 is 0 Å². The van der Waals surface area contributed by atoms with Gasteiger partial charge in [0.15, 0.2) is 0 Å². The van der Waals surface area contributed by atoms with Gasteiger partial charge in [0.2, 0.25) is 0 Å². The number of halogens is 4. The molecule has 0 radical (unpaired) electrons. The molecule has 11 heteroatoms. The largest absolute Gasteiger partial charge is 0.490 e. The minimum Gasteiger partial charge on any atom is -0.490 e. The predicted octanol–water partition coefficient (Wildman–Crippen LogP) is 6.61. The number of carbonyl (C=O) groups excluding carboxylic acids is 1. The number of aromatic amines is 1. The van der Waals surface area contributed by atoms with Crippen molar-refractivity contribution in [1.29, 1.82) is 0 Å². The number of aromatic nitrogens is 3. The molecule has 2 aromatic carbocycles. The molecule has 0 unspecified atom stereocenters. The fourth-order valence-corrected chi connectivity index (χ4v) is 3.97. The van der Waals surface area contributed by atoms with E-state index in [9.17, 15) is 22.4 Å². The van der Waals surface area contributed by atoms with Gasteiger partial charge in [0.25, 0.3) is 0 Å². The van der Waals surface area contributed by atoms with Crippen LogP contribution in [0.5, 0.6) is 5.75 Å². The molecule has 1 atom stereocenters. The number of benzene rings is 2. The number of pyridine rings is 1. The molecule has 0 saturated carbocycles. The number of nitrogens with zero attached hydrogens (tertiary/aromatic N) is 2. The number of amides is 1. The van der Waals surface area contributed by atoms with Crippen LogP contribution in [0, 0.1) is 12.7 Å². The van der Waals surface area contributed by atoms with Crippen molar-refractivity contribution in [3.05, 3.63) is 77.5 Å². The number of rotatable bonds is 7. The molecule has 0 aliphatic carbocycles. The second kappa shape index (κ2) is 10.9. The Morgan fingerprint density at radius 2 is 1.82 bits per heavy atom. The molecule has 0 saturated heterocycles. The van der Waals surface area contributed by atoms with Gasteiger partial charge in [-0.15, -0.1) is 0 Å². The Labute approximate surface area is 222 Å². The van der Waals surface area contributed by atoms with E-state index in [0.29, 0.717) is 11.8 Å². The number of alkyl carbamates (subject to hydrolysis) is 1. The second-order valence-corrected chi connectivity index (χ2v) is 10.2. The maximum absolute atomic E-state index is 14.5. The van der Waals surface area contributed by atoms with Crippen molar-refractivity contribution in [2.45, 2.75) is 51.9 Å². The van der Waals surface area contributed by atoms with Crippen molar-refractivity contribution >= 4 is 17.0 Å². The summed E-state index contributed by atoms with van der Waals surface area (Å²) in [5.74, 6) is -0.468. The average Bonchev–Trinajstić information content (AvgIpc) is 3.22. The van der Waals surface area contributed by atoms with Crippen molar-refractivity contribution in [1.82, 2.24) is 20.5 Å². The van der Waals surface area contributed by atoms with Gasteiger partial charge in [-0.2, -0.15) is 18.3 Å². The Morgan fingerprint density at radius 3 is 2.54 bits per heavy atom. The zero-order chi connectivity index (χ0) is 28.4. The minimum atomic E-state index is -4.64. The summed E-state index contributed by atoms with van der Waals surface area (Å²) in [4.78, 5) is 16.7. The van der Waals surface area contributed by atoms with Gasteiger partial charge in [-0.3, -0.25) is 10.1 Å². The predicted molar refractivity (Wildman–Crippen MR) is 138 cm³/mol. The monoisotopic (exact) mass is 544 g/mol. The van der Waals surface area contributed by atoms with E-state index in [2.05, 4.69) is 20.5 Å². The van der Waals surface area contributed by atoms with E-state index in [1.807, 2.05) is 25.1 Å². The van der Waals surface area contributed by atoms with E-state index >= 15 is 0 Å². The molecule has 0 aliphatic rings. The fraction of sp³-hybridized carbons (Fsp3) is 0.321. The maximum Gasteiger partial charge on any atom is 0.416 e. The van der Waals surface area contributed by atoms with Crippen LogP contribution in [0.2, 0.25) is 0 Å². The van der Waals surface area contributed by atoms with Crippen molar-refractivity contribution in [3.8, 4) is 16.9 Å². The van der Waals surface area contributed by atoms with Crippen LogP contribution in [0.4, 0.5) is 22.4 Å². The van der Waals surface area contributed by atoms with Gasteiger partial charge < -0.3 is 14.8 Å². The van der Waals surface area contributed by atoms with Crippen LogP contribution in [0.15, 0.2) is 54.9 Å². The zero-order valence-electron chi connectivity index (χ0n) is 21.8. The van der Waals surface area contributed by atoms with E-state index < -0.39 is 35.3 Å². The second-order valence-electron chi connectivity index (χ2n) is 10.2. The zero-order valence-corrected chi connectivity index (χ0v) is 21.8. The summed E-state index contributed by atoms with van der Waals surface area (Å²) in [6, 6.07) is 8.75. The molecular formula is C28H28F4N4O3. The third-order valence-electron chi connectivity index (χ3n) is 5.80. The topological polar surface area (TPSA) is 89.1 Å². The molecule has 4 aromatic rings. The van der Waals surface area contributed by atoms with Crippen LogP contribution in [0.3, 0.4) is 0 Å². The summed E-state index contributed by atoms with van der Waals surface area (Å²) in [5, 5.41) is 10.7. The molecule has 2 aromatic heterocycles. The van der Waals surface area contributed by atoms with Crippen molar-refractivity contribution in [3.63, 3.8) is 0 Å². The molecule has 0 aliphatic heterocycles. The first-order valence-electron chi connectivity index (χ1n) is 12.2. The van der Waals surface area contributed by atoms with Crippen LogP contribution in [0.25, 0.3) is 22.0 Å². The van der Waals surface area contributed by atoms with Gasteiger partial charge in [-0.05, 0) is 81.6 Å². The number of H-pyrrole nitrogens is 1. The summed E-state index contributed by atoms with van der Waals surface area (Å²) in [6.07, 6.45) is -2.58. The van der Waals surface area contributed by atoms with E-state index in [0.717, 1.165) is 39.9 Å². The highest BCUT2D eigenvalue weighted by Gasteiger charge is 2.31. The maximum atomic E-state index is 14.5. The molecule has 0 spiro atoms. The van der Waals surface area contributed by atoms with Gasteiger partial charge in [-0.1, -0.05) is 6.07 Å². The quantitative estimate of drug-likeness (QED) is 0.256. The lowest BCUT2D eigenvalue weighted by molar-refractivity contribution is -0.137. The number of carbonyl (C=O) groups is 1. The van der Waals surface area contributed by atoms with Crippen LogP contribution < -0.4 is 10.1 Å². The Balaban J connectivity index is 1.55. The number of hydrogen-bond acceptors (Lipinski definition) is 5. The van der Waals surface area contributed by atoms with Gasteiger partial charge in [0, 0.05) is 22.8 Å². The van der Waals surface area contributed by atoms with Crippen molar-refractivity contribution < 1.29 is 31.8 Å².